The Hall–Kier alpha value is -1.79. The van der Waals surface area contributed by atoms with Crippen LogP contribution >= 0.6 is 0 Å². The van der Waals surface area contributed by atoms with E-state index in [9.17, 15) is 14.4 Å². The first-order valence-corrected chi connectivity index (χ1v) is 7.20. The second-order valence-corrected chi connectivity index (χ2v) is 6.97. The summed E-state index contributed by atoms with van der Waals surface area (Å²) in [5.41, 5.74) is -1.90. The van der Waals surface area contributed by atoms with Crippen LogP contribution < -0.4 is 10.6 Å². The molecule has 1 atom stereocenters. The zero-order chi connectivity index (χ0) is 17.7. The summed E-state index contributed by atoms with van der Waals surface area (Å²) in [7, 11) is 1.26. The number of hydrogen-bond acceptors (Lipinski definition) is 5. The molecule has 0 saturated heterocycles. The Balaban J connectivity index is 4.87. The van der Waals surface area contributed by atoms with Crippen molar-refractivity contribution in [2.75, 3.05) is 7.11 Å². The highest BCUT2D eigenvalue weighted by molar-refractivity contribution is 5.92. The number of amides is 2. The minimum Gasteiger partial charge on any atom is -0.467 e. The third-order valence-corrected chi connectivity index (χ3v) is 2.79. The smallest absolute Gasteiger partial charge is 0.408 e. The molecule has 0 radical (unpaired) electrons. The van der Waals surface area contributed by atoms with E-state index in [0.29, 0.717) is 0 Å². The molecular formula is C15H28N2O5. The van der Waals surface area contributed by atoms with Gasteiger partial charge in [-0.1, -0.05) is 13.8 Å². The van der Waals surface area contributed by atoms with Gasteiger partial charge in [0.05, 0.1) is 7.11 Å². The molecule has 2 N–H and O–H groups in total. The fourth-order valence-electron chi connectivity index (χ4n) is 1.56. The number of esters is 1. The van der Waals surface area contributed by atoms with E-state index in [1.807, 2.05) is 0 Å². The minimum absolute atomic E-state index is 0.145. The number of alkyl carbamates (subject to hydrolysis) is 1. The molecule has 0 unspecified atom stereocenters. The van der Waals surface area contributed by atoms with Gasteiger partial charge in [-0.05, 0) is 40.5 Å². The van der Waals surface area contributed by atoms with Crippen molar-refractivity contribution in [2.45, 2.75) is 65.6 Å². The lowest BCUT2D eigenvalue weighted by Gasteiger charge is -2.30. The van der Waals surface area contributed by atoms with Gasteiger partial charge in [0.1, 0.15) is 17.2 Å². The fourth-order valence-corrected chi connectivity index (χ4v) is 1.56. The maximum atomic E-state index is 12.3. The SMILES string of the molecule is COC(=O)[C@@H](NC(=O)C(C)(C)NC(=O)OC(C)(C)C)C(C)C. The van der Waals surface area contributed by atoms with Crippen LogP contribution in [-0.2, 0) is 19.1 Å². The Bertz CT molecular complexity index is 424. The third-order valence-electron chi connectivity index (χ3n) is 2.79. The van der Waals surface area contributed by atoms with Crippen molar-refractivity contribution in [3.63, 3.8) is 0 Å². The van der Waals surface area contributed by atoms with Crippen molar-refractivity contribution in [3.8, 4) is 0 Å². The molecule has 0 aromatic heterocycles. The Labute approximate surface area is 132 Å². The average molecular weight is 316 g/mol. The predicted octanol–water partition coefficient (Wildman–Crippen LogP) is 1.60. The van der Waals surface area contributed by atoms with E-state index in [1.165, 1.54) is 21.0 Å². The van der Waals surface area contributed by atoms with Crippen molar-refractivity contribution in [1.29, 1.82) is 0 Å². The lowest BCUT2D eigenvalue weighted by molar-refractivity contribution is -0.147. The quantitative estimate of drug-likeness (QED) is 0.751. The Morgan fingerprint density at radius 3 is 1.86 bits per heavy atom. The summed E-state index contributed by atoms with van der Waals surface area (Å²) < 4.78 is 9.79. The number of methoxy groups -OCH3 is 1. The van der Waals surface area contributed by atoms with Crippen molar-refractivity contribution < 1.29 is 23.9 Å². The van der Waals surface area contributed by atoms with E-state index < -0.39 is 35.2 Å². The van der Waals surface area contributed by atoms with Crippen LogP contribution in [0.4, 0.5) is 4.79 Å². The molecule has 0 spiro atoms. The van der Waals surface area contributed by atoms with Gasteiger partial charge < -0.3 is 20.1 Å². The molecule has 22 heavy (non-hydrogen) atoms. The van der Waals surface area contributed by atoms with E-state index in [2.05, 4.69) is 15.4 Å². The maximum Gasteiger partial charge on any atom is 0.408 e. The van der Waals surface area contributed by atoms with Gasteiger partial charge in [-0.25, -0.2) is 9.59 Å². The molecule has 0 aromatic rings. The molecule has 0 heterocycles. The topological polar surface area (TPSA) is 93.7 Å². The van der Waals surface area contributed by atoms with Crippen LogP contribution in [0.2, 0.25) is 0 Å². The number of hydrogen-bond donors (Lipinski definition) is 2. The molecule has 128 valence electrons. The lowest BCUT2D eigenvalue weighted by Crippen LogP contribution is -2.59. The average Bonchev–Trinajstić information content (AvgIpc) is 2.30. The van der Waals surface area contributed by atoms with Crippen molar-refractivity contribution in [1.82, 2.24) is 10.6 Å². The highest BCUT2D eigenvalue weighted by Gasteiger charge is 2.35. The van der Waals surface area contributed by atoms with Gasteiger partial charge in [0.2, 0.25) is 5.91 Å². The summed E-state index contributed by atoms with van der Waals surface area (Å²) in [5, 5.41) is 5.08. The van der Waals surface area contributed by atoms with Gasteiger partial charge in [0.25, 0.3) is 0 Å². The molecule has 7 nitrogen and oxygen atoms in total. The molecule has 0 saturated carbocycles. The van der Waals surface area contributed by atoms with E-state index in [0.717, 1.165) is 0 Å². The molecule has 0 fully saturated rings. The molecule has 0 bridgehead atoms. The van der Waals surface area contributed by atoms with Gasteiger partial charge >= 0.3 is 12.1 Å². The molecule has 0 aliphatic heterocycles. The van der Waals surface area contributed by atoms with Crippen molar-refractivity contribution in [3.05, 3.63) is 0 Å². The second-order valence-electron chi connectivity index (χ2n) is 6.97. The van der Waals surface area contributed by atoms with Crippen LogP contribution in [-0.4, -0.2) is 42.3 Å². The van der Waals surface area contributed by atoms with Crippen LogP contribution in [0.25, 0.3) is 0 Å². The summed E-state index contributed by atoms with van der Waals surface area (Å²) in [6, 6.07) is -0.780. The molecule has 7 heteroatoms. The number of carbonyl (C=O) groups is 3. The van der Waals surface area contributed by atoms with Gasteiger partial charge in [-0.2, -0.15) is 0 Å². The summed E-state index contributed by atoms with van der Waals surface area (Å²) >= 11 is 0. The summed E-state index contributed by atoms with van der Waals surface area (Å²) in [5.74, 6) is -1.17. The zero-order valence-electron chi connectivity index (χ0n) is 14.7. The first-order chi connectivity index (χ1) is 9.80. The third kappa shape index (κ3) is 6.78. The van der Waals surface area contributed by atoms with Gasteiger partial charge in [0, 0.05) is 0 Å². The zero-order valence-corrected chi connectivity index (χ0v) is 14.7. The highest BCUT2D eigenvalue weighted by atomic mass is 16.6. The van der Waals surface area contributed by atoms with Crippen molar-refractivity contribution >= 4 is 18.0 Å². The summed E-state index contributed by atoms with van der Waals surface area (Å²) in [4.78, 5) is 35.8. The normalized spacial score (nSPS) is 13.3. The molecule has 2 amide bonds. The van der Waals surface area contributed by atoms with E-state index in [1.54, 1.807) is 34.6 Å². The fraction of sp³-hybridized carbons (Fsp3) is 0.800. The molecular weight excluding hydrogens is 288 g/mol. The van der Waals surface area contributed by atoms with Crippen molar-refractivity contribution in [2.24, 2.45) is 5.92 Å². The lowest BCUT2D eigenvalue weighted by atomic mass is 10.0. The predicted molar refractivity (Wildman–Crippen MR) is 82.2 cm³/mol. The van der Waals surface area contributed by atoms with Gasteiger partial charge in [-0.15, -0.1) is 0 Å². The Kier molecular flexibility index (Phi) is 6.86. The largest absolute Gasteiger partial charge is 0.467 e. The highest BCUT2D eigenvalue weighted by Crippen LogP contribution is 2.11. The van der Waals surface area contributed by atoms with E-state index in [4.69, 9.17) is 4.74 Å². The molecule has 0 rings (SSSR count). The van der Waals surface area contributed by atoms with Crippen LogP contribution in [0.5, 0.6) is 0 Å². The van der Waals surface area contributed by atoms with Crippen LogP contribution in [0, 0.1) is 5.92 Å². The van der Waals surface area contributed by atoms with Gasteiger partial charge in [-0.3, -0.25) is 4.79 Å². The first kappa shape index (κ1) is 20.2. The maximum absolute atomic E-state index is 12.3. The first-order valence-electron chi connectivity index (χ1n) is 7.20. The Morgan fingerprint density at radius 1 is 1.00 bits per heavy atom. The van der Waals surface area contributed by atoms with Crippen LogP contribution in [0.1, 0.15) is 48.5 Å². The van der Waals surface area contributed by atoms with Crippen LogP contribution in [0.15, 0.2) is 0 Å². The molecule has 0 aliphatic rings. The van der Waals surface area contributed by atoms with E-state index >= 15 is 0 Å². The second kappa shape index (κ2) is 7.47. The van der Waals surface area contributed by atoms with Crippen LogP contribution in [0.3, 0.4) is 0 Å². The minimum atomic E-state index is -1.23. The standard InChI is InChI=1S/C15H28N2O5/c1-9(2)10(11(18)21-8)16-12(19)15(6,7)17-13(20)22-14(3,4)5/h9-10H,1-8H3,(H,16,19)(H,17,20)/t10-/m0/s1. The van der Waals surface area contributed by atoms with E-state index in [-0.39, 0.29) is 5.92 Å². The number of rotatable bonds is 5. The summed E-state index contributed by atoms with van der Waals surface area (Å²) in [6.07, 6.45) is -0.702. The number of nitrogens with one attached hydrogen (secondary N) is 2. The molecule has 0 aromatic carbocycles. The summed E-state index contributed by atoms with van der Waals surface area (Å²) in [6.45, 7) is 11.8. The monoisotopic (exact) mass is 316 g/mol. The van der Waals surface area contributed by atoms with Gasteiger partial charge in [0.15, 0.2) is 0 Å². The molecule has 0 aliphatic carbocycles. The number of ether oxygens (including phenoxy) is 2. The Morgan fingerprint density at radius 2 is 1.50 bits per heavy atom. The number of carbonyl (C=O) groups excluding carboxylic acids is 3.